The van der Waals surface area contributed by atoms with Crippen LogP contribution >= 0.6 is 28.2 Å². The zero-order valence-corrected chi connectivity index (χ0v) is 26.5. The van der Waals surface area contributed by atoms with Crippen LogP contribution in [0.3, 0.4) is 0 Å². The predicted octanol–water partition coefficient (Wildman–Crippen LogP) is 7.97. The van der Waals surface area contributed by atoms with Crippen LogP contribution in [0.2, 0.25) is 0 Å². The lowest BCUT2D eigenvalue weighted by Gasteiger charge is -2.37. The van der Waals surface area contributed by atoms with Crippen LogP contribution in [0.4, 0.5) is 10.1 Å². The molecule has 0 saturated heterocycles. The van der Waals surface area contributed by atoms with Gasteiger partial charge in [0.2, 0.25) is 0 Å². The van der Waals surface area contributed by atoms with Gasteiger partial charge in [-0.15, -0.1) is 0 Å². The maximum absolute atomic E-state index is 13.8. The minimum Gasteiger partial charge on any atom is -0.493 e. The Balaban J connectivity index is 0.00000371. The molecule has 9 heteroatoms. The fraction of sp³-hybridized carbons (Fsp3) is 0.567. The molecule has 0 aliphatic carbocycles. The molecule has 6 nitrogen and oxygen atoms in total. The number of rotatable bonds is 19. The van der Waals surface area contributed by atoms with Gasteiger partial charge in [0.25, 0.3) is 5.91 Å². The Kier molecular flexibility index (Phi) is 19.2. The molecule has 0 spiro atoms. The second kappa shape index (κ2) is 21.1. The van der Waals surface area contributed by atoms with Gasteiger partial charge < -0.3 is 18.7 Å². The Labute approximate surface area is 248 Å². The molecule has 0 aliphatic rings. The second-order valence-corrected chi connectivity index (χ2v) is 10.6. The summed E-state index contributed by atoms with van der Waals surface area (Å²) in [6.45, 7) is 15.1. The third kappa shape index (κ3) is 13.5. The average Bonchev–Trinajstić information content (AvgIpc) is 2.96. The Morgan fingerprint density at radius 2 is 1.59 bits per heavy atom. The summed E-state index contributed by atoms with van der Waals surface area (Å²) in [5.41, 5.74) is 1.03. The zero-order valence-electron chi connectivity index (χ0n) is 24.1. The highest BCUT2D eigenvalue weighted by Crippen LogP contribution is 2.23. The Morgan fingerprint density at radius 3 is 2.23 bits per heavy atom. The first-order valence-corrected chi connectivity index (χ1v) is 15.7. The average molecular weight is 630 g/mol. The van der Waals surface area contributed by atoms with Crippen LogP contribution in [0.5, 0.6) is 5.75 Å². The van der Waals surface area contributed by atoms with Crippen molar-refractivity contribution in [1.82, 2.24) is 4.72 Å². The third-order valence-electron chi connectivity index (χ3n) is 7.01. The van der Waals surface area contributed by atoms with Gasteiger partial charge in [-0.05, 0) is 75.0 Å². The van der Waals surface area contributed by atoms with Gasteiger partial charge in [0.1, 0.15) is 11.6 Å². The number of carbonyl (C=O) groups excluding carboxylic acids is 1. The van der Waals surface area contributed by atoms with Crippen molar-refractivity contribution in [2.24, 2.45) is 0 Å². The minimum atomic E-state index is -0.411. The second-order valence-electron chi connectivity index (χ2n) is 9.65. The van der Waals surface area contributed by atoms with Crippen LogP contribution in [0.15, 0.2) is 47.4 Å². The number of nitrogens with zero attached hydrogens (tertiary/aromatic N) is 1. The van der Waals surface area contributed by atoms with Crippen molar-refractivity contribution in [3.05, 3.63) is 53.8 Å². The maximum atomic E-state index is 13.8. The van der Waals surface area contributed by atoms with Crippen molar-refractivity contribution in [2.45, 2.75) is 77.5 Å². The summed E-state index contributed by atoms with van der Waals surface area (Å²) >= 11 is 3.55. The molecular weight excluding hydrogens is 581 g/mol. The number of ether oxygens (including phenoxy) is 1. The number of carbonyl (C=O) groups is 1. The quantitative estimate of drug-likeness (QED) is 0.0836. The van der Waals surface area contributed by atoms with E-state index in [4.69, 9.17) is 8.93 Å². The van der Waals surface area contributed by atoms with Crippen LogP contribution in [0.25, 0.3) is 0 Å². The van der Waals surface area contributed by atoms with Crippen molar-refractivity contribution in [3.63, 3.8) is 0 Å². The lowest BCUT2D eigenvalue weighted by atomic mass is 10.1. The summed E-state index contributed by atoms with van der Waals surface area (Å²) in [4.78, 5) is 14.0. The summed E-state index contributed by atoms with van der Waals surface area (Å²) in [6, 6.07) is 11.8. The van der Waals surface area contributed by atoms with Gasteiger partial charge in [-0.2, -0.15) is 0 Å². The van der Waals surface area contributed by atoms with E-state index < -0.39 is 5.82 Å². The van der Waals surface area contributed by atoms with E-state index in [2.05, 4.69) is 37.7 Å². The standard InChI is InChI=1S/C30H46FN3O2S.BrHO/c1-5-9-11-12-13-23-36-29-24-25(31)14-19-28(29)30(35)33-26-15-17-27(18-16-26)37-32-20-22-34(7-3,8-4)21-10-6-2;1-2/h14-19,24,32H,5-13,20-23H2,1-4H3;2H/p+1. The Hall–Kier alpha value is -1.65. The molecular formula is C30H48BrFN3O3S+. The molecule has 1 amide bonds. The summed E-state index contributed by atoms with van der Waals surface area (Å²) < 4.78 is 31.1. The van der Waals surface area contributed by atoms with Crippen molar-refractivity contribution in [1.29, 1.82) is 0 Å². The number of quaternary nitrogens is 1. The molecule has 0 fully saturated rings. The predicted molar refractivity (Wildman–Crippen MR) is 166 cm³/mol. The molecule has 0 radical (unpaired) electrons. The number of nitrogens with one attached hydrogen (secondary N) is 2. The van der Waals surface area contributed by atoms with E-state index in [1.54, 1.807) is 11.9 Å². The van der Waals surface area contributed by atoms with E-state index in [9.17, 15) is 9.18 Å². The molecule has 0 atom stereocenters. The van der Waals surface area contributed by atoms with Crippen LogP contribution in [-0.2, 0) is 0 Å². The summed E-state index contributed by atoms with van der Waals surface area (Å²) in [6.07, 6.45) is 8.02. The lowest BCUT2D eigenvalue weighted by molar-refractivity contribution is -0.923. The van der Waals surface area contributed by atoms with E-state index in [1.165, 1.54) is 50.4 Å². The molecule has 2 rings (SSSR count). The van der Waals surface area contributed by atoms with E-state index in [0.29, 0.717) is 17.9 Å². The summed E-state index contributed by atoms with van der Waals surface area (Å²) in [7, 11) is 0. The number of benzene rings is 2. The van der Waals surface area contributed by atoms with Crippen molar-refractivity contribution in [3.8, 4) is 5.75 Å². The number of likely N-dealkylation sites (N-methyl/N-ethyl adjacent to an activating group) is 1. The Bertz CT molecular complexity index is 930. The van der Waals surface area contributed by atoms with Gasteiger partial charge in [0.05, 0.1) is 61.2 Å². The smallest absolute Gasteiger partial charge is 0.259 e. The van der Waals surface area contributed by atoms with E-state index in [1.807, 2.05) is 40.5 Å². The van der Waals surface area contributed by atoms with Crippen LogP contribution in [-0.4, -0.2) is 53.9 Å². The number of halogens is 2. The number of hydrogen-bond donors (Lipinski definition) is 3. The van der Waals surface area contributed by atoms with Crippen LogP contribution in [0.1, 0.15) is 83.0 Å². The highest BCUT2D eigenvalue weighted by molar-refractivity contribution is 9.05. The molecule has 0 aliphatic heterocycles. The van der Waals surface area contributed by atoms with Gasteiger partial charge in [0.15, 0.2) is 0 Å². The monoisotopic (exact) mass is 628 g/mol. The highest BCUT2D eigenvalue weighted by Gasteiger charge is 2.21. The number of amides is 1. The van der Waals surface area contributed by atoms with E-state index in [0.717, 1.165) is 54.8 Å². The van der Waals surface area contributed by atoms with Crippen LogP contribution in [0, 0.1) is 5.82 Å². The fourth-order valence-electron chi connectivity index (χ4n) is 4.37. The zero-order chi connectivity index (χ0) is 28.9. The topological polar surface area (TPSA) is 70.6 Å². The molecule has 0 saturated carbocycles. The Morgan fingerprint density at radius 1 is 0.923 bits per heavy atom. The van der Waals surface area contributed by atoms with Gasteiger partial charge in [0, 0.05) is 16.6 Å². The molecule has 2 aromatic carbocycles. The highest BCUT2D eigenvalue weighted by atomic mass is 79.9. The van der Waals surface area contributed by atoms with Gasteiger partial charge in [-0.25, -0.2) is 4.39 Å². The molecule has 0 aromatic heterocycles. The van der Waals surface area contributed by atoms with Gasteiger partial charge >= 0.3 is 0 Å². The van der Waals surface area contributed by atoms with Crippen molar-refractivity contribution >= 4 is 39.8 Å². The van der Waals surface area contributed by atoms with E-state index in [-0.39, 0.29) is 11.7 Å². The van der Waals surface area contributed by atoms with Crippen LogP contribution < -0.4 is 14.8 Å². The summed E-state index contributed by atoms with van der Waals surface area (Å²) in [5.74, 6) is -0.428. The maximum Gasteiger partial charge on any atom is 0.259 e. The fourth-order valence-corrected chi connectivity index (χ4v) is 5.01. The third-order valence-corrected chi connectivity index (χ3v) is 7.87. The van der Waals surface area contributed by atoms with Crippen molar-refractivity contribution in [2.75, 3.05) is 44.6 Å². The molecule has 0 bridgehead atoms. The largest absolute Gasteiger partial charge is 0.493 e. The van der Waals surface area contributed by atoms with Gasteiger partial charge in [-0.3, -0.25) is 9.52 Å². The molecule has 3 N–H and O–H groups in total. The van der Waals surface area contributed by atoms with Crippen molar-refractivity contribution < 1.29 is 22.6 Å². The molecule has 2 aromatic rings. The first kappa shape index (κ1) is 35.4. The molecule has 220 valence electrons. The minimum absolute atomic E-state index is 0.289. The molecule has 39 heavy (non-hydrogen) atoms. The number of hydrogen-bond acceptors (Lipinski definition) is 5. The molecule has 0 unspecified atom stereocenters. The lowest BCUT2D eigenvalue weighted by Crippen LogP contribution is -2.51. The summed E-state index contributed by atoms with van der Waals surface area (Å²) in [5, 5.41) is 2.91. The number of unbranched alkanes of at least 4 members (excludes halogenated alkanes) is 5. The SMILES string of the molecule is CCCCCCCOc1cc(F)ccc1C(=O)Nc1ccc(SNCC[N+](CC)(CC)CCCC)cc1.OBr. The first-order valence-electron chi connectivity index (χ1n) is 14.2. The van der Waals surface area contributed by atoms with Gasteiger partial charge in [-0.1, -0.05) is 46.0 Å². The van der Waals surface area contributed by atoms with E-state index >= 15 is 0 Å². The first-order chi connectivity index (χ1) is 19.0. The number of anilines is 1. The normalized spacial score (nSPS) is 11.1. The molecule has 0 heterocycles.